The van der Waals surface area contributed by atoms with Gasteiger partial charge in [0.1, 0.15) is 12.1 Å². The predicted octanol–water partition coefficient (Wildman–Crippen LogP) is 1.92. The summed E-state index contributed by atoms with van der Waals surface area (Å²) in [7, 11) is 0. The zero-order valence-corrected chi connectivity index (χ0v) is 10.9. The Morgan fingerprint density at radius 3 is 2.67 bits per heavy atom. The first-order valence-electron chi connectivity index (χ1n) is 7.14. The lowest BCUT2D eigenvalue weighted by atomic mass is 9.87. The highest BCUT2D eigenvalue weighted by atomic mass is 15.2. The molecule has 1 aliphatic heterocycles. The minimum Gasteiger partial charge on any atom is -0.356 e. The molecule has 4 heteroatoms. The van der Waals surface area contributed by atoms with Gasteiger partial charge < -0.3 is 10.6 Å². The van der Waals surface area contributed by atoms with Crippen molar-refractivity contribution >= 4 is 5.82 Å². The third kappa shape index (κ3) is 2.34. The summed E-state index contributed by atoms with van der Waals surface area (Å²) in [5.74, 6) is 2.40. The maximum Gasteiger partial charge on any atom is 0.132 e. The summed E-state index contributed by atoms with van der Waals surface area (Å²) in [6, 6.07) is 2.20. The molecule has 1 aromatic rings. The van der Waals surface area contributed by atoms with Crippen LogP contribution >= 0.6 is 0 Å². The topological polar surface area (TPSA) is 55.0 Å². The molecule has 2 fully saturated rings. The van der Waals surface area contributed by atoms with Crippen molar-refractivity contribution in [3.05, 3.63) is 18.1 Å². The maximum absolute atomic E-state index is 5.66. The van der Waals surface area contributed by atoms with Crippen LogP contribution in [0, 0.1) is 5.92 Å². The van der Waals surface area contributed by atoms with Crippen LogP contribution in [0.25, 0.3) is 0 Å². The number of rotatable bonds is 3. The van der Waals surface area contributed by atoms with Gasteiger partial charge in [0.05, 0.1) is 0 Å². The van der Waals surface area contributed by atoms with E-state index >= 15 is 0 Å². The molecule has 0 spiro atoms. The van der Waals surface area contributed by atoms with E-state index in [1.165, 1.54) is 37.8 Å². The van der Waals surface area contributed by atoms with Gasteiger partial charge in [-0.2, -0.15) is 0 Å². The van der Waals surface area contributed by atoms with Crippen LogP contribution in [0.5, 0.6) is 0 Å². The van der Waals surface area contributed by atoms with Gasteiger partial charge in [0.25, 0.3) is 0 Å². The van der Waals surface area contributed by atoms with Gasteiger partial charge in [-0.3, -0.25) is 0 Å². The molecule has 1 aromatic heterocycles. The summed E-state index contributed by atoms with van der Waals surface area (Å²) < 4.78 is 0. The Balaban J connectivity index is 1.69. The second-order valence-electron chi connectivity index (χ2n) is 5.64. The largest absolute Gasteiger partial charge is 0.356 e. The number of nitrogens with two attached hydrogens (primary N) is 1. The molecule has 0 unspecified atom stereocenters. The van der Waals surface area contributed by atoms with Crippen LogP contribution in [0.3, 0.4) is 0 Å². The molecule has 2 heterocycles. The lowest BCUT2D eigenvalue weighted by Crippen LogP contribution is -2.50. The minimum absolute atomic E-state index is 0.651. The van der Waals surface area contributed by atoms with Gasteiger partial charge in [0, 0.05) is 36.7 Å². The average Bonchev–Trinajstić information content (AvgIpc) is 2.39. The van der Waals surface area contributed by atoms with Crippen molar-refractivity contribution in [3.8, 4) is 0 Å². The van der Waals surface area contributed by atoms with Crippen LogP contribution in [0.4, 0.5) is 5.82 Å². The highest BCUT2D eigenvalue weighted by Gasteiger charge is 2.27. The van der Waals surface area contributed by atoms with Crippen LogP contribution in [-0.4, -0.2) is 29.6 Å². The van der Waals surface area contributed by atoms with Crippen LogP contribution in [0.2, 0.25) is 0 Å². The Morgan fingerprint density at radius 2 is 1.94 bits per heavy atom. The van der Waals surface area contributed by atoms with E-state index in [0.717, 1.165) is 25.5 Å². The normalized spacial score (nSPS) is 21.9. The summed E-state index contributed by atoms with van der Waals surface area (Å²) in [4.78, 5) is 11.2. The summed E-state index contributed by atoms with van der Waals surface area (Å²) >= 11 is 0. The van der Waals surface area contributed by atoms with E-state index in [0.29, 0.717) is 11.8 Å². The third-order valence-corrected chi connectivity index (χ3v) is 4.31. The van der Waals surface area contributed by atoms with Crippen molar-refractivity contribution in [2.75, 3.05) is 24.5 Å². The Hall–Kier alpha value is -1.16. The molecule has 1 saturated heterocycles. The van der Waals surface area contributed by atoms with E-state index in [1.54, 1.807) is 6.33 Å². The van der Waals surface area contributed by atoms with Gasteiger partial charge in [-0.05, 0) is 19.4 Å². The lowest BCUT2D eigenvalue weighted by molar-refractivity contribution is 0.414. The first-order valence-corrected chi connectivity index (χ1v) is 7.14. The Labute approximate surface area is 109 Å². The quantitative estimate of drug-likeness (QED) is 0.885. The molecule has 0 amide bonds. The molecule has 4 nitrogen and oxygen atoms in total. The zero-order valence-electron chi connectivity index (χ0n) is 10.9. The monoisotopic (exact) mass is 246 g/mol. The van der Waals surface area contributed by atoms with Gasteiger partial charge >= 0.3 is 0 Å². The summed E-state index contributed by atoms with van der Waals surface area (Å²) in [5.41, 5.74) is 6.91. The predicted molar refractivity (Wildman–Crippen MR) is 72.6 cm³/mol. The highest BCUT2D eigenvalue weighted by molar-refractivity contribution is 5.42. The number of aromatic nitrogens is 2. The fraction of sp³-hybridized carbons (Fsp3) is 0.714. The van der Waals surface area contributed by atoms with Gasteiger partial charge in [0.15, 0.2) is 0 Å². The summed E-state index contributed by atoms with van der Waals surface area (Å²) in [6.45, 7) is 2.90. The van der Waals surface area contributed by atoms with E-state index in [2.05, 4.69) is 20.9 Å². The van der Waals surface area contributed by atoms with E-state index in [4.69, 9.17) is 5.73 Å². The molecule has 2 aliphatic rings. The molecular formula is C14H22N4. The number of anilines is 1. The van der Waals surface area contributed by atoms with Crippen molar-refractivity contribution < 1.29 is 0 Å². The molecule has 18 heavy (non-hydrogen) atoms. The fourth-order valence-corrected chi connectivity index (χ4v) is 3.06. The SMILES string of the molecule is NCC1CN(c2cc(C3CCCCC3)ncn2)C1. The molecule has 98 valence electrons. The molecular weight excluding hydrogens is 224 g/mol. The summed E-state index contributed by atoms with van der Waals surface area (Å²) in [6.07, 6.45) is 8.41. The van der Waals surface area contributed by atoms with Gasteiger partial charge in [-0.15, -0.1) is 0 Å². The second-order valence-corrected chi connectivity index (χ2v) is 5.64. The standard InChI is InChI=1S/C14H22N4/c15-7-11-8-18(9-11)14-6-13(16-10-17-14)12-4-2-1-3-5-12/h6,10-12H,1-5,7-9,15H2. The maximum atomic E-state index is 5.66. The molecule has 1 aliphatic carbocycles. The van der Waals surface area contributed by atoms with E-state index in [9.17, 15) is 0 Å². The van der Waals surface area contributed by atoms with E-state index in [1.807, 2.05) is 0 Å². The van der Waals surface area contributed by atoms with Gasteiger partial charge in [0.2, 0.25) is 0 Å². The van der Waals surface area contributed by atoms with Crippen molar-refractivity contribution in [2.45, 2.75) is 38.0 Å². The smallest absolute Gasteiger partial charge is 0.132 e. The average molecular weight is 246 g/mol. The molecule has 0 atom stereocenters. The van der Waals surface area contributed by atoms with Crippen LogP contribution < -0.4 is 10.6 Å². The third-order valence-electron chi connectivity index (χ3n) is 4.31. The summed E-state index contributed by atoms with van der Waals surface area (Å²) in [5, 5.41) is 0. The molecule has 1 saturated carbocycles. The van der Waals surface area contributed by atoms with Crippen molar-refractivity contribution in [2.24, 2.45) is 11.7 Å². The first kappa shape index (κ1) is 11.9. The second kappa shape index (κ2) is 5.22. The van der Waals surface area contributed by atoms with E-state index < -0.39 is 0 Å². The van der Waals surface area contributed by atoms with Crippen molar-refractivity contribution in [1.29, 1.82) is 0 Å². The molecule has 3 rings (SSSR count). The van der Waals surface area contributed by atoms with Crippen LogP contribution in [0.15, 0.2) is 12.4 Å². The fourth-order valence-electron chi connectivity index (χ4n) is 3.06. The number of hydrogen-bond donors (Lipinski definition) is 1. The highest BCUT2D eigenvalue weighted by Crippen LogP contribution is 2.33. The molecule has 2 N–H and O–H groups in total. The number of hydrogen-bond acceptors (Lipinski definition) is 4. The minimum atomic E-state index is 0.651. The van der Waals surface area contributed by atoms with Crippen LogP contribution in [0.1, 0.15) is 43.7 Å². The van der Waals surface area contributed by atoms with Crippen molar-refractivity contribution in [1.82, 2.24) is 9.97 Å². The number of nitrogens with zero attached hydrogens (tertiary/aromatic N) is 3. The Bertz CT molecular complexity index is 395. The van der Waals surface area contributed by atoms with Crippen LogP contribution in [-0.2, 0) is 0 Å². The zero-order chi connectivity index (χ0) is 12.4. The Kier molecular flexibility index (Phi) is 3.46. The van der Waals surface area contributed by atoms with E-state index in [-0.39, 0.29) is 0 Å². The first-order chi connectivity index (χ1) is 8.86. The molecule has 0 bridgehead atoms. The lowest BCUT2D eigenvalue weighted by Gasteiger charge is -2.39. The molecule has 0 aromatic carbocycles. The van der Waals surface area contributed by atoms with Crippen molar-refractivity contribution in [3.63, 3.8) is 0 Å². The Morgan fingerprint density at radius 1 is 1.17 bits per heavy atom. The van der Waals surface area contributed by atoms with Gasteiger partial charge in [-0.25, -0.2) is 9.97 Å². The van der Waals surface area contributed by atoms with Gasteiger partial charge in [-0.1, -0.05) is 19.3 Å². The molecule has 0 radical (unpaired) electrons.